The van der Waals surface area contributed by atoms with E-state index < -0.39 is 9.84 Å². The van der Waals surface area contributed by atoms with E-state index >= 15 is 0 Å². The highest BCUT2D eigenvalue weighted by molar-refractivity contribution is 9.10. The Kier molecular flexibility index (Phi) is 5.00. The van der Waals surface area contributed by atoms with Crippen LogP contribution in [0.15, 0.2) is 34.8 Å². The molecular weight excluding hydrogens is 418 g/mol. The third-order valence-corrected chi connectivity index (χ3v) is 6.86. The largest absolute Gasteiger partial charge is 0.307 e. The predicted octanol–water partition coefficient (Wildman–Crippen LogP) is 3.56. The third-order valence-electron chi connectivity index (χ3n) is 4.42. The van der Waals surface area contributed by atoms with Gasteiger partial charge in [0.1, 0.15) is 5.82 Å². The van der Waals surface area contributed by atoms with Crippen LogP contribution in [-0.4, -0.2) is 35.6 Å². The van der Waals surface area contributed by atoms with Crippen LogP contribution in [0.2, 0.25) is 0 Å². The maximum Gasteiger partial charge on any atom is 0.257 e. The van der Waals surface area contributed by atoms with E-state index in [0.717, 1.165) is 5.69 Å². The molecule has 0 bridgehead atoms. The van der Waals surface area contributed by atoms with E-state index in [1.807, 2.05) is 32.9 Å². The Labute approximate surface area is 162 Å². The number of carbonyl (C=O) groups excluding carboxylic acids is 1. The Morgan fingerprint density at radius 1 is 1.31 bits per heavy atom. The number of aromatic nitrogens is 2. The second-order valence-electron chi connectivity index (χ2n) is 7.60. The standard InChI is InChI=1S/C18H22BrN3O3S/c1-18(2,3)15-10-16(20-17(23)13-6-4-5-7-14(13)19)22(21-15)12-8-9-26(24,25)11-12/h4-7,10,12H,8-9,11H2,1-3H3,(H,20,23)/t12-/m1/s1. The van der Waals surface area contributed by atoms with E-state index in [0.29, 0.717) is 22.3 Å². The highest BCUT2D eigenvalue weighted by atomic mass is 79.9. The van der Waals surface area contributed by atoms with E-state index in [1.54, 1.807) is 22.9 Å². The molecule has 1 aliphatic heterocycles. The SMILES string of the molecule is CC(C)(C)c1cc(NC(=O)c2ccccc2Br)n([C@@H]2CCS(=O)(=O)C2)n1. The summed E-state index contributed by atoms with van der Waals surface area (Å²) in [5.74, 6) is 0.466. The van der Waals surface area contributed by atoms with Crippen molar-refractivity contribution in [1.29, 1.82) is 0 Å². The van der Waals surface area contributed by atoms with E-state index in [4.69, 9.17) is 0 Å². The molecule has 1 N–H and O–H groups in total. The highest BCUT2D eigenvalue weighted by Gasteiger charge is 2.33. The quantitative estimate of drug-likeness (QED) is 0.792. The molecule has 0 spiro atoms. The van der Waals surface area contributed by atoms with Crippen molar-refractivity contribution in [2.75, 3.05) is 16.8 Å². The Morgan fingerprint density at radius 2 is 2.00 bits per heavy atom. The monoisotopic (exact) mass is 439 g/mol. The van der Waals surface area contributed by atoms with Gasteiger partial charge in [-0.05, 0) is 34.5 Å². The molecule has 3 rings (SSSR count). The molecule has 1 saturated heterocycles. The summed E-state index contributed by atoms with van der Waals surface area (Å²) in [5.41, 5.74) is 1.11. The smallest absolute Gasteiger partial charge is 0.257 e. The van der Waals surface area contributed by atoms with Crippen LogP contribution in [0.25, 0.3) is 0 Å². The molecule has 6 nitrogen and oxygen atoms in total. The molecule has 1 amide bonds. The number of sulfone groups is 1. The number of rotatable bonds is 3. The molecule has 2 aromatic rings. The van der Waals surface area contributed by atoms with Crippen molar-refractivity contribution in [3.63, 3.8) is 0 Å². The fourth-order valence-corrected chi connectivity index (χ4v) is 5.09. The fraction of sp³-hybridized carbons (Fsp3) is 0.444. The number of carbonyl (C=O) groups is 1. The lowest BCUT2D eigenvalue weighted by molar-refractivity contribution is 0.102. The van der Waals surface area contributed by atoms with E-state index in [-0.39, 0.29) is 28.9 Å². The topological polar surface area (TPSA) is 81.1 Å². The summed E-state index contributed by atoms with van der Waals surface area (Å²) in [4.78, 5) is 12.7. The Morgan fingerprint density at radius 3 is 2.58 bits per heavy atom. The molecule has 1 aromatic heterocycles. The van der Waals surface area contributed by atoms with Crippen LogP contribution in [-0.2, 0) is 15.3 Å². The number of hydrogen-bond donors (Lipinski definition) is 1. The summed E-state index contributed by atoms with van der Waals surface area (Å²) >= 11 is 3.38. The number of anilines is 1. The van der Waals surface area contributed by atoms with Crippen LogP contribution in [0.5, 0.6) is 0 Å². The van der Waals surface area contributed by atoms with Gasteiger partial charge in [-0.15, -0.1) is 0 Å². The predicted molar refractivity (Wildman–Crippen MR) is 105 cm³/mol. The minimum absolute atomic E-state index is 0.0518. The zero-order chi connectivity index (χ0) is 19.1. The maximum absolute atomic E-state index is 12.7. The van der Waals surface area contributed by atoms with Crippen molar-refractivity contribution in [2.45, 2.75) is 38.6 Å². The molecular formula is C18H22BrN3O3S. The summed E-state index contributed by atoms with van der Waals surface area (Å²) in [7, 11) is -3.05. The van der Waals surface area contributed by atoms with Gasteiger partial charge in [0.15, 0.2) is 9.84 Å². The van der Waals surface area contributed by atoms with Crippen LogP contribution in [0, 0.1) is 0 Å². The average molecular weight is 440 g/mol. The van der Waals surface area contributed by atoms with Crippen LogP contribution >= 0.6 is 15.9 Å². The first kappa shape index (κ1) is 19.1. The molecule has 2 heterocycles. The summed E-state index contributed by atoms with van der Waals surface area (Å²) in [6.45, 7) is 6.10. The van der Waals surface area contributed by atoms with Crippen molar-refractivity contribution < 1.29 is 13.2 Å². The lowest BCUT2D eigenvalue weighted by atomic mass is 9.92. The van der Waals surface area contributed by atoms with E-state index in [2.05, 4.69) is 26.3 Å². The van der Waals surface area contributed by atoms with Gasteiger partial charge in [0.2, 0.25) is 0 Å². The van der Waals surface area contributed by atoms with Gasteiger partial charge < -0.3 is 5.32 Å². The molecule has 1 aliphatic rings. The van der Waals surface area contributed by atoms with Crippen molar-refractivity contribution in [3.05, 3.63) is 46.1 Å². The molecule has 8 heteroatoms. The molecule has 26 heavy (non-hydrogen) atoms. The van der Waals surface area contributed by atoms with Gasteiger partial charge in [-0.3, -0.25) is 4.79 Å². The van der Waals surface area contributed by atoms with E-state index in [1.165, 1.54) is 0 Å². The van der Waals surface area contributed by atoms with Gasteiger partial charge in [-0.1, -0.05) is 32.9 Å². The lowest BCUT2D eigenvalue weighted by Crippen LogP contribution is -2.20. The van der Waals surface area contributed by atoms with Gasteiger partial charge in [0.25, 0.3) is 5.91 Å². The second kappa shape index (κ2) is 6.81. The highest BCUT2D eigenvalue weighted by Crippen LogP contribution is 2.31. The van der Waals surface area contributed by atoms with Crippen molar-refractivity contribution >= 4 is 37.5 Å². The minimum Gasteiger partial charge on any atom is -0.307 e. The zero-order valence-corrected chi connectivity index (χ0v) is 17.4. The molecule has 0 saturated carbocycles. The molecule has 0 unspecified atom stereocenters. The minimum atomic E-state index is -3.05. The van der Waals surface area contributed by atoms with Gasteiger partial charge in [-0.25, -0.2) is 13.1 Å². The number of nitrogens with zero attached hydrogens (tertiary/aromatic N) is 2. The molecule has 1 fully saturated rings. The fourth-order valence-electron chi connectivity index (χ4n) is 2.93. The van der Waals surface area contributed by atoms with Crippen LogP contribution < -0.4 is 5.32 Å². The van der Waals surface area contributed by atoms with Gasteiger partial charge in [0.05, 0.1) is 28.8 Å². The first-order valence-corrected chi connectivity index (χ1v) is 11.0. The van der Waals surface area contributed by atoms with Crippen molar-refractivity contribution in [1.82, 2.24) is 9.78 Å². The first-order chi connectivity index (χ1) is 12.1. The summed E-state index contributed by atoms with van der Waals surface area (Å²) in [5, 5.41) is 7.53. The third kappa shape index (κ3) is 4.01. The molecule has 1 aromatic carbocycles. The zero-order valence-electron chi connectivity index (χ0n) is 15.0. The first-order valence-electron chi connectivity index (χ1n) is 8.43. The number of benzene rings is 1. The number of amides is 1. The van der Waals surface area contributed by atoms with Gasteiger partial charge >= 0.3 is 0 Å². The van der Waals surface area contributed by atoms with Gasteiger partial charge in [-0.2, -0.15) is 5.10 Å². The van der Waals surface area contributed by atoms with Crippen molar-refractivity contribution in [3.8, 4) is 0 Å². The average Bonchev–Trinajstić information content (AvgIpc) is 3.10. The lowest BCUT2D eigenvalue weighted by Gasteiger charge is -2.15. The molecule has 0 aliphatic carbocycles. The summed E-state index contributed by atoms with van der Waals surface area (Å²) in [6, 6.07) is 8.74. The normalized spacial score (nSPS) is 19.5. The molecule has 140 valence electrons. The number of halogens is 1. The Bertz CT molecular complexity index is 945. The summed E-state index contributed by atoms with van der Waals surface area (Å²) in [6.07, 6.45) is 0.505. The van der Waals surface area contributed by atoms with Crippen LogP contribution in [0.4, 0.5) is 5.82 Å². The van der Waals surface area contributed by atoms with Crippen LogP contribution in [0.1, 0.15) is 49.3 Å². The second-order valence-corrected chi connectivity index (χ2v) is 10.7. The Hall–Kier alpha value is -1.67. The van der Waals surface area contributed by atoms with Crippen molar-refractivity contribution in [2.24, 2.45) is 0 Å². The molecule has 0 radical (unpaired) electrons. The number of hydrogen-bond acceptors (Lipinski definition) is 4. The maximum atomic E-state index is 12.7. The van der Waals surface area contributed by atoms with Crippen LogP contribution in [0.3, 0.4) is 0 Å². The number of nitrogens with one attached hydrogen (secondary N) is 1. The van der Waals surface area contributed by atoms with E-state index in [9.17, 15) is 13.2 Å². The molecule has 1 atom stereocenters. The summed E-state index contributed by atoms with van der Waals surface area (Å²) < 4.78 is 26.1. The van der Waals surface area contributed by atoms with Gasteiger partial charge in [0, 0.05) is 16.0 Å². The Balaban J connectivity index is 1.96.